The standard InChI is InChI=1S/C15H20N2O/c1-2-12-8-10-17(11-9-12)15(18)14(16)13-6-4-3-5-7-13/h2-7,12,14H,1,8-11,16H2/t14-/m1/s1. The number of benzene rings is 1. The summed E-state index contributed by atoms with van der Waals surface area (Å²) in [5.74, 6) is 0.575. The van der Waals surface area contributed by atoms with E-state index < -0.39 is 6.04 Å². The Bertz CT molecular complexity index is 408. The molecule has 1 saturated heterocycles. The van der Waals surface area contributed by atoms with E-state index >= 15 is 0 Å². The summed E-state index contributed by atoms with van der Waals surface area (Å²) in [6.07, 6.45) is 3.98. The number of carbonyl (C=O) groups excluding carboxylic acids is 1. The largest absolute Gasteiger partial charge is 0.341 e. The van der Waals surface area contributed by atoms with Gasteiger partial charge in [0.25, 0.3) is 0 Å². The van der Waals surface area contributed by atoms with Crippen LogP contribution in [-0.4, -0.2) is 23.9 Å². The molecule has 2 N–H and O–H groups in total. The van der Waals surface area contributed by atoms with Crippen LogP contribution < -0.4 is 5.73 Å². The van der Waals surface area contributed by atoms with E-state index in [0.717, 1.165) is 31.5 Å². The van der Waals surface area contributed by atoms with E-state index in [1.54, 1.807) is 0 Å². The van der Waals surface area contributed by atoms with Crippen molar-refractivity contribution in [1.82, 2.24) is 4.90 Å². The van der Waals surface area contributed by atoms with Crippen LogP contribution in [0.5, 0.6) is 0 Å². The predicted molar refractivity (Wildman–Crippen MR) is 72.9 cm³/mol. The Hall–Kier alpha value is -1.61. The van der Waals surface area contributed by atoms with E-state index in [-0.39, 0.29) is 5.91 Å². The van der Waals surface area contributed by atoms with Crippen molar-refractivity contribution in [3.8, 4) is 0 Å². The summed E-state index contributed by atoms with van der Waals surface area (Å²) >= 11 is 0. The minimum Gasteiger partial charge on any atom is -0.341 e. The number of nitrogens with zero attached hydrogens (tertiary/aromatic N) is 1. The number of hydrogen-bond acceptors (Lipinski definition) is 2. The highest BCUT2D eigenvalue weighted by atomic mass is 16.2. The molecule has 2 rings (SSSR count). The average Bonchev–Trinajstić information content (AvgIpc) is 2.47. The van der Waals surface area contributed by atoms with Gasteiger partial charge in [-0.2, -0.15) is 0 Å². The first-order valence-corrected chi connectivity index (χ1v) is 6.44. The highest BCUT2D eigenvalue weighted by molar-refractivity contribution is 5.83. The van der Waals surface area contributed by atoms with Gasteiger partial charge >= 0.3 is 0 Å². The van der Waals surface area contributed by atoms with Crippen LogP contribution in [0.1, 0.15) is 24.4 Å². The van der Waals surface area contributed by atoms with Crippen LogP contribution in [0, 0.1) is 5.92 Å². The van der Waals surface area contributed by atoms with Gasteiger partial charge in [-0.05, 0) is 24.3 Å². The molecule has 1 aliphatic heterocycles. The van der Waals surface area contributed by atoms with E-state index in [1.807, 2.05) is 41.3 Å². The third-order valence-electron chi connectivity index (χ3n) is 3.61. The average molecular weight is 244 g/mol. The molecule has 1 fully saturated rings. The Kier molecular flexibility index (Phi) is 4.15. The second-order valence-electron chi connectivity index (χ2n) is 4.79. The van der Waals surface area contributed by atoms with Gasteiger partial charge in [0.1, 0.15) is 6.04 Å². The van der Waals surface area contributed by atoms with Crippen molar-refractivity contribution < 1.29 is 4.79 Å². The maximum Gasteiger partial charge on any atom is 0.244 e. The number of allylic oxidation sites excluding steroid dienone is 1. The lowest BCUT2D eigenvalue weighted by molar-refractivity contribution is -0.133. The van der Waals surface area contributed by atoms with Gasteiger partial charge < -0.3 is 10.6 Å². The molecule has 3 nitrogen and oxygen atoms in total. The molecule has 0 bridgehead atoms. The van der Waals surface area contributed by atoms with Gasteiger partial charge in [-0.3, -0.25) is 4.79 Å². The number of likely N-dealkylation sites (tertiary alicyclic amines) is 1. The van der Waals surface area contributed by atoms with Crippen molar-refractivity contribution in [3.63, 3.8) is 0 Å². The minimum atomic E-state index is -0.536. The molecule has 96 valence electrons. The number of carbonyl (C=O) groups is 1. The fraction of sp³-hybridized carbons (Fsp3) is 0.400. The Morgan fingerprint density at radius 2 is 1.94 bits per heavy atom. The highest BCUT2D eigenvalue weighted by Gasteiger charge is 2.25. The van der Waals surface area contributed by atoms with E-state index in [9.17, 15) is 4.79 Å². The van der Waals surface area contributed by atoms with Crippen LogP contribution in [0.4, 0.5) is 0 Å². The minimum absolute atomic E-state index is 0.0312. The SMILES string of the molecule is C=CC1CCN(C(=O)[C@H](N)c2ccccc2)CC1. The Balaban J connectivity index is 1.98. The summed E-state index contributed by atoms with van der Waals surface area (Å²) in [6, 6.07) is 9.01. The van der Waals surface area contributed by atoms with Gasteiger partial charge in [0.15, 0.2) is 0 Å². The summed E-state index contributed by atoms with van der Waals surface area (Å²) in [6.45, 7) is 5.38. The fourth-order valence-corrected chi connectivity index (χ4v) is 2.36. The van der Waals surface area contributed by atoms with Crippen molar-refractivity contribution in [2.24, 2.45) is 11.7 Å². The van der Waals surface area contributed by atoms with E-state index in [1.165, 1.54) is 0 Å². The lowest BCUT2D eigenvalue weighted by Crippen LogP contribution is -2.43. The third-order valence-corrected chi connectivity index (χ3v) is 3.61. The normalized spacial score (nSPS) is 18.4. The monoisotopic (exact) mass is 244 g/mol. The topological polar surface area (TPSA) is 46.3 Å². The van der Waals surface area contributed by atoms with Gasteiger partial charge in [-0.25, -0.2) is 0 Å². The number of hydrogen-bond donors (Lipinski definition) is 1. The lowest BCUT2D eigenvalue weighted by atomic mass is 9.96. The Morgan fingerprint density at radius 1 is 1.33 bits per heavy atom. The van der Waals surface area contributed by atoms with Crippen molar-refractivity contribution in [2.45, 2.75) is 18.9 Å². The van der Waals surface area contributed by atoms with Gasteiger partial charge in [-0.15, -0.1) is 6.58 Å². The van der Waals surface area contributed by atoms with Gasteiger partial charge in [0.05, 0.1) is 0 Å². The number of rotatable bonds is 3. The maximum atomic E-state index is 12.3. The second kappa shape index (κ2) is 5.83. The molecule has 0 spiro atoms. The van der Waals surface area contributed by atoms with Crippen molar-refractivity contribution >= 4 is 5.91 Å². The van der Waals surface area contributed by atoms with Gasteiger partial charge in [0, 0.05) is 13.1 Å². The molecule has 1 aromatic rings. The first kappa shape index (κ1) is 12.8. The van der Waals surface area contributed by atoms with Crippen molar-refractivity contribution in [3.05, 3.63) is 48.6 Å². The molecule has 3 heteroatoms. The third kappa shape index (κ3) is 2.79. The smallest absolute Gasteiger partial charge is 0.244 e. The van der Waals surface area contributed by atoms with Crippen LogP contribution in [0.25, 0.3) is 0 Å². The number of amides is 1. The quantitative estimate of drug-likeness (QED) is 0.828. The van der Waals surface area contributed by atoms with Crippen LogP contribution in [0.2, 0.25) is 0 Å². The zero-order chi connectivity index (χ0) is 13.0. The van der Waals surface area contributed by atoms with Crippen LogP contribution in [-0.2, 0) is 4.79 Å². The summed E-state index contributed by atoms with van der Waals surface area (Å²) in [5, 5.41) is 0. The fourth-order valence-electron chi connectivity index (χ4n) is 2.36. The van der Waals surface area contributed by atoms with Crippen LogP contribution >= 0.6 is 0 Å². The first-order chi connectivity index (χ1) is 8.72. The first-order valence-electron chi connectivity index (χ1n) is 6.44. The second-order valence-corrected chi connectivity index (χ2v) is 4.79. The molecule has 0 aromatic heterocycles. The molecule has 0 aliphatic carbocycles. The van der Waals surface area contributed by atoms with Gasteiger partial charge in [0.2, 0.25) is 5.91 Å². The molecule has 1 amide bonds. The molecular weight excluding hydrogens is 224 g/mol. The Labute approximate surface area is 108 Å². The van der Waals surface area contributed by atoms with Gasteiger partial charge in [-0.1, -0.05) is 36.4 Å². The summed E-state index contributed by atoms with van der Waals surface area (Å²) in [4.78, 5) is 14.1. The van der Waals surface area contributed by atoms with E-state index in [0.29, 0.717) is 5.92 Å². The molecular formula is C15H20N2O. The molecule has 0 unspecified atom stereocenters. The number of piperidine rings is 1. The van der Waals surface area contributed by atoms with Crippen molar-refractivity contribution in [2.75, 3.05) is 13.1 Å². The molecule has 18 heavy (non-hydrogen) atoms. The summed E-state index contributed by atoms with van der Waals surface area (Å²) in [5.41, 5.74) is 6.91. The molecule has 0 radical (unpaired) electrons. The molecule has 1 aromatic carbocycles. The zero-order valence-electron chi connectivity index (χ0n) is 10.6. The zero-order valence-corrected chi connectivity index (χ0v) is 10.6. The highest BCUT2D eigenvalue weighted by Crippen LogP contribution is 2.21. The lowest BCUT2D eigenvalue weighted by Gasteiger charge is -2.32. The molecule has 0 saturated carbocycles. The van der Waals surface area contributed by atoms with Crippen LogP contribution in [0.3, 0.4) is 0 Å². The molecule has 1 aliphatic rings. The predicted octanol–water partition coefficient (Wildman–Crippen LogP) is 2.11. The Morgan fingerprint density at radius 3 is 2.50 bits per heavy atom. The van der Waals surface area contributed by atoms with E-state index in [2.05, 4.69) is 6.58 Å². The summed E-state index contributed by atoms with van der Waals surface area (Å²) in [7, 11) is 0. The van der Waals surface area contributed by atoms with E-state index in [4.69, 9.17) is 5.73 Å². The van der Waals surface area contributed by atoms with Crippen LogP contribution in [0.15, 0.2) is 43.0 Å². The maximum absolute atomic E-state index is 12.3. The summed E-state index contributed by atoms with van der Waals surface area (Å²) < 4.78 is 0. The molecule has 1 heterocycles. The molecule has 1 atom stereocenters. The van der Waals surface area contributed by atoms with Crippen molar-refractivity contribution in [1.29, 1.82) is 0 Å². The number of nitrogens with two attached hydrogens (primary N) is 1.